The molecule has 0 unspecified atom stereocenters. The highest BCUT2D eigenvalue weighted by atomic mass is 35.5. The summed E-state index contributed by atoms with van der Waals surface area (Å²) in [5.41, 5.74) is 8.51. The number of piperidine rings is 1. The molecule has 202 valence electrons. The Kier molecular flexibility index (Phi) is 7.32. The maximum absolute atomic E-state index is 13.8. The van der Waals surface area contributed by atoms with E-state index in [1.165, 1.54) is 12.1 Å². The van der Waals surface area contributed by atoms with Crippen molar-refractivity contribution in [3.8, 4) is 11.3 Å². The van der Waals surface area contributed by atoms with Crippen LogP contribution in [0.3, 0.4) is 0 Å². The summed E-state index contributed by atoms with van der Waals surface area (Å²) >= 11 is 8.26. The molecule has 6 rings (SSSR count). The first-order valence-corrected chi connectivity index (χ1v) is 14.1. The van der Waals surface area contributed by atoms with Gasteiger partial charge in [-0.15, -0.1) is 0 Å². The average Bonchev–Trinajstić information content (AvgIpc) is 3.34. The Morgan fingerprint density at radius 2 is 1.80 bits per heavy atom. The second-order valence-corrected chi connectivity index (χ2v) is 11.1. The van der Waals surface area contributed by atoms with Crippen LogP contribution in [0.25, 0.3) is 22.2 Å². The van der Waals surface area contributed by atoms with Crippen LogP contribution >= 0.6 is 23.5 Å². The maximum atomic E-state index is 13.8. The quantitative estimate of drug-likeness (QED) is 0.219. The molecule has 7 nitrogen and oxygen atoms in total. The Bertz CT molecular complexity index is 1690. The largest absolute Gasteiger partial charge is 0.396 e. The Balaban J connectivity index is 1.19. The van der Waals surface area contributed by atoms with Crippen molar-refractivity contribution >= 4 is 52.0 Å². The highest BCUT2D eigenvalue weighted by molar-refractivity contribution is 7.98. The third-order valence-corrected chi connectivity index (χ3v) is 8.25. The molecule has 10 heteroatoms. The fourth-order valence-electron chi connectivity index (χ4n) is 4.89. The third-order valence-electron chi connectivity index (χ3n) is 6.99. The molecule has 0 atom stereocenters. The van der Waals surface area contributed by atoms with E-state index in [4.69, 9.17) is 22.3 Å². The number of nitrogens with one attached hydrogen (secondary N) is 1. The Labute approximate surface area is 240 Å². The lowest BCUT2D eigenvalue weighted by atomic mass is 10.0. The predicted molar refractivity (Wildman–Crippen MR) is 159 cm³/mol. The van der Waals surface area contributed by atoms with Gasteiger partial charge in [-0.1, -0.05) is 48.0 Å². The van der Waals surface area contributed by atoms with Gasteiger partial charge in [-0.3, -0.25) is 8.77 Å². The number of hydrogen-bond acceptors (Lipinski definition) is 6. The van der Waals surface area contributed by atoms with Crippen molar-refractivity contribution in [3.05, 3.63) is 102 Å². The van der Waals surface area contributed by atoms with E-state index in [2.05, 4.69) is 44.7 Å². The van der Waals surface area contributed by atoms with Gasteiger partial charge < -0.3 is 16.0 Å². The van der Waals surface area contributed by atoms with Crippen LogP contribution in [0.15, 0.2) is 90.1 Å². The number of fused-ring (bicyclic) bond motifs is 1. The van der Waals surface area contributed by atoms with Crippen LogP contribution in [-0.4, -0.2) is 43.9 Å². The van der Waals surface area contributed by atoms with Gasteiger partial charge in [0.2, 0.25) is 5.95 Å². The van der Waals surface area contributed by atoms with Crippen LogP contribution in [0.2, 0.25) is 5.02 Å². The van der Waals surface area contributed by atoms with Crippen molar-refractivity contribution < 1.29 is 9.18 Å². The molecular formula is C30H26ClFN6OS. The van der Waals surface area contributed by atoms with E-state index in [9.17, 15) is 9.18 Å². The first kappa shape index (κ1) is 26.2. The minimum atomic E-state index is -0.583. The van der Waals surface area contributed by atoms with Crippen LogP contribution in [0, 0.1) is 5.82 Å². The summed E-state index contributed by atoms with van der Waals surface area (Å²) in [5.74, 6) is -0.302. The van der Waals surface area contributed by atoms with Gasteiger partial charge in [0, 0.05) is 46.7 Å². The number of nitrogen functional groups attached to an aromatic ring is 1. The van der Waals surface area contributed by atoms with Crippen molar-refractivity contribution in [2.45, 2.75) is 23.8 Å². The third kappa shape index (κ3) is 5.35. The summed E-state index contributed by atoms with van der Waals surface area (Å²) in [6.07, 6.45) is 5.09. The van der Waals surface area contributed by atoms with Gasteiger partial charge in [0.15, 0.2) is 0 Å². The van der Waals surface area contributed by atoms with Crippen molar-refractivity contribution in [1.29, 1.82) is 0 Å². The molecule has 0 radical (unpaired) electrons. The van der Waals surface area contributed by atoms with Crippen LogP contribution < -0.4 is 11.1 Å². The van der Waals surface area contributed by atoms with E-state index in [0.717, 1.165) is 21.4 Å². The van der Waals surface area contributed by atoms with E-state index in [0.29, 0.717) is 48.2 Å². The van der Waals surface area contributed by atoms with Gasteiger partial charge >= 0.3 is 0 Å². The number of aromatic nitrogens is 3. The lowest BCUT2D eigenvalue weighted by Gasteiger charge is -2.32. The summed E-state index contributed by atoms with van der Waals surface area (Å²) in [6, 6.07) is 22.6. The molecule has 1 aliphatic heterocycles. The number of hydrogen-bond donors (Lipinski definition) is 2. The number of rotatable bonds is 6. The summed E-state index contributed by atoms with van der Waals surface area (Å²) < 4.78 is 16.0. The topological polar surface area (TPSA) is 89.1 Å². The smallest absolute Gasteiger partial charge is 0.253 e. The molecule has 1 amide bonds. The first-order valence-electron chi connectivity index (χ1n) is 12.9. The highest BCUT2D eigenvalue weighted by Crippen LogP contribution is 2.37. The van der Waals surface area contributed by atoms with Gasteiger partial charge in [-0.2, -0.15) is 0 Å². The summed E-state index contributed by atoms with van der Waals surface area (Å²) in [6.45, 7) is 1.07. The van der Waals surface area contributed by atoms with Crippen molar-refractivity contribution in [2.75, 3.05) is 24.1 Å². The lowest BCUT2D eigenvalue weighted by molar-refractivity contribution is 0.0718. The van der Waals surface area contributed by atoms with Gasteiger partial charge in [0.05, 0.1) is 28.1 Å². The van der Waals surface area contributed by atoms with E-state index >= 15 is 0 Å². The number of para-hydroxylation sites is 1. The predicted octanol–water partition coefficient (Wildman–Crippen LogP) is 6.75. The second-order valence-electron chi connectivity index (χ2n) is 9.63. The number of carbonyl (C=O) groups excluding carboxylic acids is 1. The van der Waals surface area contributed by atoms with E-state index in [-0.39, 0.29) is 17.6 Å². The molecule has 3 N–H and O–H groups in total. The highest BCUT2D eigenvalue weighted by Gasteiger charge is 2.25. The van der Waals surface area contributed by atoms with Gasteiger partial charge in [0.25, 0.3) is 5.91 Å². The molecular weight excluding hydrogens is 547 g/mol. The molecule has 40 heavy (non-hydrogen) atoms. The molecule has 5 aromatic rings. The lowest BCUT2D eigenvalue weighted by Crippen LogP contribution is -2.42. The van der Waals surface area contributed by atoms with Gasteiger partial charge in [-0.25, -0.2) is 14.4 Å². The van der Waals surface area contributed by atoms with Crippen molar-refractivity contribution in [1.82, 2.24) is 18.8 Å². The fraction of sp³-hybridized carbons (Fsp3) is 0.167. The minimum Gasteiger partial charge on any atom is -0.396 e. The van der Waals surface area contributed by atoms with Crippen molar-refractivity contribution in [3.63, 3.8) is 0 Å². The first-order chi connectivity index (χ1) is 19.5. The zero-order chi connectivity index (χ0) is 27.6. The second kappa shape index (κ2) is 11.2. The number of carbonyl (C=O) groups is 1. The van der Waals surface area contributed by atoms with Gasteiger partial charge in [0.1, 0.15) is 5.82 Å². The summed E-state index contributed by atoms with van der Waals surface area (Å²) in [7, 11) is 0. The average molecular weight is 573 g/mol. The van der Waals surface area contributed by atoms with Crippen LogP contribution in [0.5, 0.6) is 0 Å². The van der Waals surface area contributed by atoms with Crippen LogP contribution in [0.1, 0.15) is 23.2 Å². The molecule has 1 saturated heterocycles. The van der Waals surface area contributed by atoms with E-state index < -0.39 is 5.82 Å². The zero-order valence-corrected chi connectivity index (χ0v) is 23.0. The SMILES string of the molecule is Nc1ccc(C(=O)N2CCC(Nc3ncc(Cl)c(-c4cn(Sc5ccccc5)c5ccccc45)n3)CC2)cc1F. The zero-order valence-electron chi connectivity index (χ0n) is 21.4. The van der Waals surface area contributed by atoms with Crippen molar-refractivity contribution in [2.24, 2.45) is 0 Å². The number of likely N-dealkylation sites (tertiary alicyclic amines) is 1. The molecule has 0 bridgehead atoms. The number of halogens is 2. The summed E-state index contributed by atoms with van der Waals surface area (Å²) in [5, 5.41) is 4.93. The van der Waals surface area contributed by atoms with E-state index in [1.807, 2.05) is 30.3 Å². The molecule has 1 aliphatic rings. The molecule has 1 fully saturated rings. The molecule has 3 heterocycles. The number of amides is 1. The van der Waals surface area contributed by atoms with Gasteiger partial charge in [-0.05, 0) is 61.2 Å². The number of nitrogens with two attached hydrogens (primary N) is 1. The Hall–Kier alpha value is -4.08. The normalized spacial score (nSPS) is 14.0. The molecule has 3 aromatic carbocycles. The number of anilines is 2. The van der Waals surface area contributed by atoms with Crippen LogP contribution in [-0.2, 0) is 0 Å². The molecule has 0 saturated carbocycles. The number of benzene rings is 3. The standard InChI is InChI=1S/C30H26ClFN6OS/c31-24-17-34-30(35-20-12-14-37(15-13-20)29(39)19-10-11-26(33)25(32)16-19)36-28(24)23-18-38(27-9-5-4-8-22(23)27)40-21-6-2-1-3-7-21/h1-11,16-18,20H,12-15,33H2,(H,34,35,36). The molecule has 0 spiro atoms. The maximum Gasteiger partial charge on any atom is 0.253 e. The monoisotopic (exact) mass is 572 g/mol. The molecule has 2 aromatic heterocycles. The Morgan fingerprint density at radius 3 is 2.58 bits per heavy atom. The molecule has 0 aliphatic carbocycles. The number of nitrogens with zero attached hydrogens (tertiary/aromatic N) is 4. The van der Waals surface area contributed by atoms with Crippen LogP contribution in [0.4, 0.5) is 16.0 Å². The Morgan fingerprint density at radius 1 is 1.05 bits per heavy atom. The minimum absolute atomic E-state index is 0.0290. The van der Waals surface area contributed by atoms with E-state index in [1.54, 1.807) is 29.1 Å². The fourth-order valence-corrected chi connectivity index (χ4v) is 6.00. The summed E-state index contributed by atoms with van der Waals surface area (Å²) in [4.78, 5) is 25.0.